The van der Waals surface area contributed by atoms with Crippen molar-refractivity contribution < 1.29 is 9.32 Å². The third kappa shape index (κ3) is 6.47. The van der Waals surface area contributed by atoms with E-state index in [2.05, 4.69) is 27.2 Å². The quantitative estimate of drug-likeness (QED) is 0.329. The molecule has 33 heavy (non-hydrogen) atoms. The van der Waals surface area contributed by atoms with Crippen molar-refractivity contribution in [2.75, 3.05) is 45.8 Å². The van der Waals surface area contributed by atoms with Gasteiger partial charge in [-0.15, -0.1) is 24.0 Å². The zero-order valence-corrected chi connectivity index (χ0v) is 21.9. The van der Waals surface area contributed by atoms with Crippen LogP contribution in [0.4, 0.5) is 0 Å². The first-order chi connectivity index (χ1) is 15.7. The largest absolute Gasteiger partial charge is 0.357 e. The van der Waals surface area contributed by atoms with Crippen LogP contribution in [0.3, 0.4) is 0 Å². The first-order valence-corrected chi connectivity index (χ1v) is 11.7. The van der Waals surface area contributed by atoms with Crippen molar-refractivity contribution in [2.24, 2.45) is 4.99 Å². The van der Waals surface area contributed by atoms with Crippen molar-refractivity contribution in [1.82, 2.24) is 25.2 Å². The third-order valence-corrected chi connectivity index (χ3v) is 6.28. The fraction of sp³-hybridized carbons (Fsp3) is 0.542. The summed E-state index contributed by atoms with van der Waals surface area (Å²) in [7, 11) is 0. The highest BCUT2D eigenvalue weighted by Gasteiger charge is 2.30. The number of piperazine rings is 1. The molecule has 4 rings (SSSR count). The van der Waals surface area contributed by atoms with Crippen LogP contribution in [-0.2, 0) is 11.3 Å². The van der Waals surface area contributed by atoms with E-state index < -0.39 is 0 Å². The number of amides is 1. The van der Waals surface area contributed by atoms with Crippen molar-refractivity contribution in [3.05, 3.63) is 42.1 Å². The number of guanidine groups is 1. The molecule has 1 aromatic carbocycles. The van der Waals surface area contributed by atoms with Crippen LogP contribution < -0.4 is 5.32 Å². The van der Waals surface area contributed by atoms with Gasteiger partial charge in [-0.3, -0.25) is 9.69 Å². The van der Waals surface area contributed by atoms with Gasteiger partial charge in [-0.25, -0.2) is 4.99 Å². The molecule has 1 atom stereocenters. The maximum absolute atomic E-state index is 12.7. The number of aromatic nitrogens is 1. The Morgan fingerprint density at radius 3 is 2.45 bits per heavy atom. The first kappa shape index (κ1) is 25.5. The number of benzene rings is 1. The van der Waals surface area contributed by atoms with E-state index in [0.717, 1.165) is 81.6 Å². The smallest absolute Gasteiger partial charge is 0.239 e. The second kappa shape index (κ2) is 12.4. The number of halogens is 1. The molecule has 2 aliphatic heterocycles. The summed E-state index contributed by atoms with van der Waals surface area (Å²) >= 11 is 0. The Hall–Kier alpha value is -2.14. The summed E-state index contributed by atoms with van der Waals surface area (Å²) in [6.07, 6.45) is 2.26. The van der Waals surface area contributed by atoms with E-state index in [1.165, 1.54) is 0 Å². The van der Waals surface area contributed by atoms with E-state index in [1.807, 2.05) is 48.2 Å². The molecule has 2 saturated heterocycles. The second-order valence-electron chi connectivity index (χ2n) is 8.45. The predicted octanol–water partition coefficient (Wildman–Crippen LogP) is 3.05. The summed E-state index contributed by atoms with van der Waals surface area (Å²) in [5.41, 5.74) is 1.82. The lowest BCUT2D eigenvalue weighted by molar-refractivity contribution is -0.135. The Labute approximate surface area is 213 Å². The molecule has 0 aliphatic carbocycles. The maximum atomic E-state index is 12.7. The topological polar surface area (TPSA) is 77.2 Å². The Morgan fingerprint density at radius 1 is 1.09 bits per heavy atom. The number of aliphatic imine (C=N–C) groups is 1. The minimum absolute atomic E-state index is 0. The van der Waals surface area contributed by atoms with E-state index in [4.69, 9.17) is 9.52 Å². The molecule has 8 nitrogen and oxygen atoms in total. The molecular formula is C24H35IN6O2. The van der Waals surface area contributed by atoms with Crippen LogP contribution in [0.25, 0.3) is 11.3 Å². The number of likely N-dealkylation sites (tertiary alicyclic amines) is 1. The number of nitrogens with zero attached hydrogens (tertiary/aromatic N) is 5. The molecule has 1 aromatic heterocycles. The van der Waals surface area contributed by atoms with Gasteiger partial charge in [0.05, 0.1) is 12.6 Å². The minimum Gasteiger partial charge on any atom is -0.357 e. The summed E-state index contributed by atoms with van der Waals surface area (Å²) in [5, 5.41) is 7.58. The van der Waals surface area contributed by atoms with Crippen molar-refractivity contribution in [3.8, 4) is 11.3 Å². The van der Waals surface area contributed by atoms with Crippen LogP contribution in [0.5, 0.6) is 0 Å². The lowest BCUT2D eigenvalue weighted by atomic mass is 10.2. The Bertz CT molecular complexity index is 905. The number of rotatable bonds is 6. The van der Waals surface area contributed by atoms with Crippen LogP contribution >= 0.6 is 24.0 Å². The fourth-order valence-electron chi connectivity index (χ4n) is 4.39. The molecule has 2 fully saturated rings. The van der Waals surface area contributed by atoms with E-state index in [0.29, 0.717) is 6.54 Å². The van der Waals surface area contributed by atoms with Crippen LogP contribution in [-0.4, -0.2) is 83.6 Å². The van der Waals surface area contributed by atoms with Crippen molar-refractivity contribution >= 4 is 35.8 Å². The van der Waals surface area contributed by atoms with Gasteiger partial charge in [0.1, 0.15) is 5.69 Å². The molecule has 0 spiro atoms. The van der Waals surface area contributed by atoms with Gasteiger partial charge in [0, 0.05) is 57.4 Å². The lowest BCUT2D eigenvalue weighted by Crippen LogP contribution is -2.57. The number of carbonyl (C=O) groups excluding carboxylic acids is 1. The summed E-state index contributed by atoms with van der Waals surface area (Å²) in [6.45, 7) is 10.6. The molecule has 0 saturated carbocycles. The average Bonchev–Trinajstić information content (AvgIpc) is 3.54. The minimum atomic E-state index is -0.0543. The van der Waals surface area contributed by atoms with Crippen LogP contribution in [0.2, 0.25) is 0 Å². The van der Waals surface area contributed by atoms with Crippen molar-refractivity contribution in [2.45, 2.75) is 39.3 Å². The summed E-state index contributed by atoms with van der Waals surface area (Å²) < 4.78 is 5.50. The molecule has 9 heteroatoms. The molecule has 0 radical (unpaired) electrons. The molecule has 2 aliphatic rings. The monoisotopic (exact) mass is 566 g/mol. The predicted molar refractivity (Wildman–Crippen MR) is 141 cm³/mol. The van der Waals surface area contributed by atoms with Gasteiger partial charge in [0.2, 0.25) is 5.91 Å². The highest BCUT2D eigenvalue weighted by atomic mass is 127. The Morgan fingerprint density at radius 2 is 1.79 bits per heavy atom. The molecule has 1 unspecified atom stereocenters. The number of nitrogens with one attached hydrogen (secondary N) is 1. The Kier molecular flexibility index (Phi) is 9.54. The van der Waals surface area contributed by atoms with Gasteiger partial charge in [-0.1, -0.05) is 35.5 Å². The normalized spacial score (nSPS) is 18.2. The number of carbonyl (C=O) groups is 1. The van der Waals surface area contributed by atoms with Gasteiger partial charge in [0.15, 0.2) is 11.7 Å². The molecule has 1 N–H and O–H groups in total. The maximum Gasteiger partial charge on any atom is 0.239 e. The number of hydrogen-bond acceptors (Lipinski definition) is 5. The standard InChI is InChI=1S/C24H34N6O2.HI/c1-3-25-24(26-18-21-17-22(32-27-21)20-9-5-4-6-10-20)30-15-13-28(14-16-30)19(2)23(31)29-11-7-8-12-29;/h4-6,9-10,17,19H,3,7-8,11-16,18H2,1-2H3,(H,25,26);1H. The van der Waals surface area contributed by atoms with Gasteiger partial charge >= 0.3 is 0 Å². The summed E-state index contributed by atoms with van der Waals surface area (Å²) in [4.78, 5) is 24.1. The average molecular weight is 566 g/mol. The Balaban J connectivity index is 0.00000306. The number of hydrogen-bond donors (Lipinski definition) is 1. The van der Waals surface area contributed by atoms with Gasteiger partial charge in [-0.2, -0.15) is 0 Å². The lowest BCUT2D eigenvalue weighted by Gasteiger charge is -2.39. The van der Waals surface area contributed by atoms with Crippen molar-refractivity contribution in [1.29, 1.82) is 0 Å². The molecule has 2 aromatic rings. The molecule has 3 heterocycles. The third-order valence-electron chi connectivity index (χ3n) is 6.28. The highest BCUT2D eigenvalue weighted by molar-refractivity contribution is 14.0. The van der Waals surface area contributed by atoms with E-state index >= 15 is 0 Å². The summed E-state index contributed by atoms with van der Waals surface area (Å²) in [5.74, 6) is 1.91. The first-order valence-electron chi connectivity index (χ1n) is 11.7. The van der Waals surface area contributed by atoms with Crippen LogP contribution in [0.1, 0.15) is 32.4 Å². The van der Waals surface area contributed by atoms with Gasteiger partial charge < -0.3 is 19.6 Å². The van der Waals surface area contributed by atoms with E-state index in [-0.39, 0.29) is 35.9 Å². The van der Waals surface area contributed by atoms with E-state index in [1.54, 1.807) is 0 Å². The second-order valence-corrected chi connectivity index (χ2v) is 8.45. The zero-order valence-electron chi connectivity index (χ0n) is 19.6. The van der Waals surface area contributed by atoms with Gasteiger partial charge in [-0.05, 0) is 26.7 Å². The SMILES string of the molecule is CCNC(=NCc1cc(-c2ccccc2)on1)N1CCN(C(C)C(=O)N2CCCC2)CC1.I. The fourth-order valence-corrected chi connectivity index (χ4v) is 4.39. The van der Waals surface area contributed by atoms with Crippen molar-refractivity contribution in [3.63, 3.8) is 0 Å². The van der Waals surface area contributed by atoms with Crippen LogP contribution in [0, 0.1) is 0 Å². The molecular weight excluding hydrogens is 531 g/mol. The zero-order chi connectivity index (χ0) is 22.3. The van der Waals surface area contributed by atoms with E-state index in [9.17, 15) is 4.79 Å². The van der Waals surface area contributed by atoms with Crippen LogP contribution in [0.15, 0.2) is 45.9 Å². The van der Waals surface area contributed by atoms with Gasteiger partial charge in [0.25, 0.3) is 0 Å². The molecule has 180 valence electrons. The molecule has 0 bridgehead atoms. The highest BCUT2D eigenvalue weighted by Crippen LogP contribution is 2.20. The molecule has 1 amide bonds. The summed E-state index contributed by atoms with van der Waals surface area (Å²) in [6, 6.07) is 11.9.